The number of benzene rings is 1. The van der Waals surface area contributed by atoms with Crippen molar-refractivity contribution in [2.24, 2.45) is 5.11 Å². The van der Waals surface area contributed by atoms with E-state index in [1.807, 2.05) is 0 Å². The average Bonchev–Trinajstić information content (AvgIpc) is 2.34. The fraction of sp³-hybridized carbons (Fsp3) is 0.400. The second kappa shape index (κ2) is 5.95. The summed E-state index contributed by atoms with van der Waals surface area (Å²) in [5, 5.41) is 22.6. The summed E-state index contributed by atoms with van der Waals surface area (Å²) >= 11 is 0. The highest BCUT2D eigenvalue weighted by Crippen LogP contribution is 2.25. The van der Waals surface area contributed by atoms with Crippen LogP contribution in [0.25, 0.3) is 10.4 Å². The Labute approximate surface area is 98.1 Å². The molecule has 7 heteroatoms. The minimum Gasteiger partial charge on any atom is -0.497 e. The maximum absolute atomic E-state index is 9.82. The van der Waals surface area contributed by atoms with Crippen molar-refractivity contribution in [1.82, 2.24) is 0 Å². The number of aliphatic hydroxyl groups is 2. The molecule has 1 aromatic rings. The molecular weight excluding hydrogens is 224 g/mol. The smallest absolute Gasteiger partial charge is 0.121 e. The molecule has 7 nitrogen and oxygen atoms in total. The Morgan fingerprint density at radius 1 is 1.47 bits per heavy atom. The van der Waals surface area contributed by atoms with Gasteiger partial charge in [-0.1, -0.05) is 5.11 Å². The third kappa shape index (κ3) is 3.53. The summed E-state index contributed by atoms with van der Waals surface area (Å²) < 4.78 is 4.99. The van der Waals surface area contributed by atoms with Gasteiger partial charge in [0.2, 0.25) is 0 Å². The van der Waals surface area contributed by atoms with E-state index in [4.69, 9.17) is 16.0 Å². The van der Waals surface area contributed by atoms with Gasteiger partial charge in [0.1, 0.15) is 11.9 Å². The Morgan fingerprint density at radius 3 is 2.76 bits per heavy atom. The zero-order valence-corrected chi connectivity index (χ0v) is 9.32. The van der Waals surface area contributed by atoms with Crippen LogP contribution in [0.15, 0.2) is 23.3 Å². The third-order valence-corrected chi connectivity index (χ3v) is 2.22. The zero-order valence-electron chi connectivity index (χ0n) is 9.32. The number of nitrogens with zero attached hydrogens (tertiary/aromatic N) is 3. The molecule has 0 aromatic heterocycles. The summed E-state index contributed by atoms with van der Waals surface area (Å²) in [5.41, 5.74) is 14.6. The number of ether oxygens (including phenoxy) is 1. The van der Waals surface area contributed by atoms with Gasteiger partial charge in [0.15, 0.2) is 0 Å². The van der Waals surface area contributed by atoms with Crippen LogP contribution in [0.2, 0.25) is 0 Å². The molecule has 0 saturated heterocycles. The van der Waals surface area contributed by atoms with Crippen molar-refractivity contribution in [1.29, 1.82) is 0 Å². The molecule has 0 aliphatic rings. The Hall–Kier alpha value is -1.95. The lowest BCUT2D eigenvalue weighted by Gasteiger charge is -2.17. The van der Waals surface area contributed by atoms with Gasteiger partial charge in [-0.2, -0.15) is 0 Å². The predicted octanol–water partition coefficient (Wildman–Crippen LogP) is 0.982. The second-order valence-corrected chi connectivity index (χ2v) is 3.47. The molecule has 2 unspecified atom stereocenters. The number of aliphatic hydroxyl groups excluding tert-OH is 2. The molecule has 0 heterocycles. The molecule has 0 spiro atoms. The van der Waals surface area contributed by atoms with Crippen molar-refractivity contribution in [2.75, 3.05) is 19.4 Å². The van der Waals surface area contributed by atoms with Crippen molar-refractivity contribution in [3.8, 4) is 5.75 Å². The first-order valence-corrected chi connectivity index (χ1v) is 4.90. The summed E-state index contributed by atoms with van der Waals surface area (Å²) in [7, 11) is 1.47. The lowest BCUT2D eigenvalue weighted by molar-refractivity contribution is 0.0243. The fourth-order valence-corrected chi connectivity index (χ4v) is 1.38. The minimum atomic E-state index is -1.18. The van der Waals surface area contributed by atoms with Gasteiger partial charge in [0, 0.05) is 16.7 Å². The maximum atomic E-state index is 9.82. The SMILES string of the molecule is COc1cc(N)cc(C(O)C(O)CN=[N+]=[N-])c1. The second-order valence-electron chi connectivity index (χ2n) is 3.47. The van der Waals surface area contributed by atoms with Gasteiger partial charge < -0.3 is 20.7 Å². The summed E-state index contributed by atoms with van der Waals surface area (Å²) in [5.74, 6) is 0.482. The minimum absolute atomic E-state index is 0.214. The summed E-state index contributed by atoms with van der Waals surface area (Å²) in [6.07, 6.45) is -2.37. The molecule has 17 heavy (non-hydrogen) atoms. The number of rotatable bonds is 5. The molecule has 1 aromatic carbocycles. The molecule has 0 aliphatic carbocycles. The monoisotopic (exact) mass is 238 g/mol. The van der Waals surface area contributed by atoms with Gasteiger partial charge in [-0.15, -0.1) is 0 Å². The first-order valence-electron chi connectivity index (χ1n) is 4.90. The van der Waals surface area contributed by atoms with E-state index in [-0.39, 0.29) is 6.54 Å². The first-order chi connectivity index (χ1) is 8.08. The number of hydrogen-bond donors (Lipinski definition) is 3. The van der Waals surface area contributed by atoms with Crippen molar-refractivity contribution in [3.63, 3.8) is 0 Å². The molecule has 4 N–H and O–H groups in total. The lowest BCUT2D eigenvalue weighted by Crippen LogP contribution is -2.21. The van der Waals surface area contributed by atoms with Gasteiger partial charge in [-0.25, -0.2) is 0 Å². The van der Waals surface area contributed by atoms with Crippen LogP contribution >= 0.6 is 0 Å². The van der Waals surface area contributed by atoms with E-state index in [1.54, 1.807) is 12.1 Å². The normalized spacial score (nSPS) is 13.6. The van der Waals surface area contributed by atoms with Gasteiger partial charge in [-0.3, -0.25) is 0 Å². The highest BCUT2D eigenvalue weighted by atomic mass is 16.5. The Bertz CT molecular complexity index is 432. The van der Waals surface area contributed by atoms with Crippen LogP contribution in [0.3, 0.4) is 0 Å². The van der Waals surface area contributed by atoms with Gasteiger partial charge in [-0.05, 0) is 23.2 Å². The van der Waals surface area contributed by atoms with Gasteiger partial charge in [0.25, 0.3) is 0 Å². The quantitative estimate of drug-likeness (QED) is 0.306. The Kier molecular flexibility index (Phi) is 4.59. The maximum Gasteiger partial charge on any atom is 0.121 e. The number of anilines is 1. The lowest BCUT2D eigenvalue weighted by atomic mass is 10.0. The molecule has 0 amide bonds. The van der Waals surface area contributed by atoms with E-state index in [0.29, 0.717) is 17.0 Å². The van der Waals surface area contributed by atoms with Crippen LogP contribution in [0.5, 0.6) is 5.75 Å². The van der Waals surface area contributed by atoms with Crippen LogP contribution in [-0.2, 0) is 0 Å². The van der Waals surface area contributed by atoms with Crippen molar-refractivity contribution < 1.29 is 14.9 Å². The van der Waals surface area contributed by atoms with Crippen LogP contribution in [0.4, 0.5) is 5.69 Å². The summed E-state index contributed by atoms with van der Waals surface area (Å²) in [6.45, 7) is -0.214. The number of methoxy groups -OCH3 is 1. The fourth-order valence-electron chi connectivity index (χ4n) is 1.38. The third-order valence-electron chi connectivity index (χ3n) is 2.22. The molecule has 2 atom stereocenters. The van der Waals surface area contributed by atoms with Crippen LogP contribution in [0, 0.1) is 0 Å². The van der Waals surface area contributed by atoms with E-state index >= 15 is 0 Å². The number of hydrogen-bond acceptors (Lipinski definition) is 5. The van der Waals surface area contributed by atoms with E-state index in [0.717, 1.165) is 0 Å². The number of nitrogens with two attached hydrogens (primary N) is 1. The van der Waals surface area contributed by atoms with Crippen molar-refractivity contribution >= 4 is 5.69 Å². The van der Waals surface area contributed by atoms with E-state index in [1.165, 1.54) is 13.2 Å². The first kappa shape index (κ1) is 13.1. The van der Waals surface area contributed by atoms with Crippen molar-refractivity contribution in [2.45, 2.75) is 12.2 Å². The van der Waals surface area contributed by atoms with Gasteiger partial charge in [0.05, 0.1) is 19.8 Å². The molecule has 0 radical (unpaired) electrons. The standard InChI is InChI=1S/C10H14N4O3/c1-17-8-3-6(2-7(11)4-8)10(16)9(15)5-13-14-12/h2-4,9-10,15-16H,5,11H2,1H3. The summed E-state index contributed by atoms with van der Waals surface area (Å²) in [6, 6.07) is 4.67. The highest BCUT2D eigenvalue weighted by Gasteiger charge is 2.18. The average molecular weight is 238 g/mol. The number of azide groups is 1. The zero-order chi connectivity index (χ0) is 12.8. The van der Waals surface area contributed by atoms with Crippen LogP contribution in [0.1, 0.15) is 11.7 Å². The number of nitrogen functional groups attached to an aromatic ring is 1. The molecule has 0 aliphatic heterocycles. The molecule has 0 fully saturated rings. The van der Waals surface area contributed by atoms with Crippen LogP contribution < -0.4 is 10.5 Å². The molecular formula is C10H14N4O3. The Balaban J connectivity index is 2.90. The van der Waals surface area contributed by atoms with Gasteiger partial charge >= 0.3 is 0 Å². The van der Waals surface area contributed by atoms with E-state index in [9.17, 15) is 10.2 Å². The molecule has 92 valence electrons. The largest absolute Gasteiger partial charge is 0.497 e. The van der Waals surface area contributed by atoms with E-state index in [2.05, 4.69) is 10.0 Å². The van der Waals surface area contributed by atoms with Crippen molar-refractivity contribution in [3.05, 3.63) is 34.2 Å². The highest BCUT2D eigenvalue weighted by molar-refractivity contribution is 5.48. The molecule has 0 bridgehead atoms. The van der Waals surface area contributed by atoms with Crippen LogP contribution in [-0.4, -0.2) is 30.0 Å². The van der Waals surface area contributed by atoms with E-state index < -0.39 is 12.2 Å². The predicted molar refractivity (Wildman–Crippen MR) is 62.4 cm³/mol. The molecule has 0 saturated carbocycles. The summed E-state index contributed by atoms with van der Waals surface area (Å²) in [4.78, 5) is 2.51. The Morgan fingerprint density at radius 2 is 2.18 bits per heavy atom. The molecule has 1 rings (SSSR count). The topological polar surface area (TPSA) is 124 Å².